The van der Waals surface area contributed by atoms with E-state index in [-0.39, 0.29) is 5.91 Å². The third-order valence-electron chi connectivity index (χ3n) is 4.05. The van der Waals surface area contributed by atoms with Gasteiger partial charge in [0.15, 0.2) is 11.5 Å². The number of benzene rings is 2. The van der Waals surface area contributed by atoms with E-state index < -0.39 is 0 Å². The summed E-state index contributed by atoms with van der Waals surface area (Å²) in [6.45, 7) is 2.44. The van der Waals surface area contributed by atoms with Crippen LogP contribution >= 0.6 is 0 Å². The number of aryl methyl sites for hydroxylation is 1. The van der Waals surface area contributed by atoms with E-state index >= 15 is 0 Å². The Hall–Kier alpha value is -3.28. The average molecular weight is 351 g/mol. The van der Waals surface area contributed by atoms with Crippen LogP contribution in [0.25, 0.3) is 10.9 Å². The molecule has 1 amide bonds. The molecule has 0 radical (unpaired) electrons. The number of hydrogen-bond acceptors (Lipinski definition) is 4. The number of nitrogens with one attached hydrogen (secondary N) is 1. The molecule has 0 atom stereocenters. The van der Waals surface area contributed by atoms with E-state index in [0.717, 1.165) is 16.5 Å². The summed E-state index contributed by atoms with van der Waals surface area (Å²) >= 11 is 0. The van der Waals surface area contributed by atoms with Gasteiger partial charge in [0.05, 0.1) is 19.9 Å². The molecule has 1 heterocycles. The molecule has 134 valence electrons. The fraction of sp³-hybridized carbons (Fsp3) is 0.200. The minimum Gasteiger partial charge on any atom is -0.493 e. The Labute approximate surface area is 152 Å². The molecule has 3 aromatic rings. The second-order valence-corrected chi connectivity index (χ2v) is 5.69. The number of nitrogens with zero attached hydrogens (tertiary/aromatic N) is 2. The summed E-state index contributed by atoms with van der Waals surface area (Å²) in [5, 5.41) is 5.07. The number of aromatic nitrogens is 1. The molecule has 6 heteroatoms. The highest BCUT2D eigenvalue weighted by Crippen LogP contribution is 2.27. The lowest BCUT2D eigenvalue weighted by atomic mass is 10.2. The van der Waals surface area contributed by atoms with Gasteiger partial charge in [-0.05, 0) is 42.8 Å². The van der Waals surface area contributed by atoms with Gasteiger partial charge < -0.3 is 14.0 Å². The Balaban J connectivity index is 1.74. The lowest BCUT2D eigenvalue weighted by molar-refractivity contribution is 0.0947. The van der Waals surface area contributed by atoms with Crippen LogP contribution in [0.1, 0.15) is 23.0 Å². The van der Waals surface area contributed by atoms with Crippen molar-refractivity contribution in [1.29, 1.82) is 0 Å². The number of rotatable bonds is 6. The fourth-order valence-corrected chi connectivity index (χ4v) is 2.77. The van der Waals surface area contributed by atoms with E-state index in [1.165, 1.54) is 0 Å². The maximum absolute atomic E-state index is 12.4. The highest BCUT2D eigenvalue weighted by atomic mass is 16.5. The van der Waals surface area contributed by atoms with Crippen LogP contribution < -0.4 is 14.9 Å². The summed E-state index contributed by atoms with van der Waals surface area (Å²) in [6, 6.07) is 15.1. The van der Waals surface area contributed by atoms with Crippen LogP contribution in [0.15, 0.2) is 53.6 Å². The summed E-state index contributed by atoms with van der Waals surface area (Å²) in [5.74, 6) is 1.03. The minimum atomic E-state index is -0.265. The van der Waals surface area contributed by atoms with Gasteiger partial charge in [-0.2, -0.15) is 5.10 Å². The highest BCUT2D eigenvalue weighted by Gasteiger charge is 2.12. The van der Waals surface area contributed by atoms with Crippen molar-refractivity contribution in [2.24, 2.45) is 12.1 Å². The van der Waals surface area contributed by atoms with Crippen molar-refractivity contribution in [3.05, 3.63) is 59.8 Å². The van der Waals surface area contributed by atoms with E-state index in [0.29, 0.717) is 23.8 Å². The van der Waals surface area contributed by atoms with E-state index in [1.54, 1.807) is 19.4 Å². The van der Waals surface area contributed by atoms with Gasteiger partial charge in [-0.1, -0.05) is 18.2 Å². The van der Waals surface area contributed by atoms with Crippen LogP contribution in [0.2, 0.25) is 0 Å². The van der Waals surface area contributed by atoms with Crippen LogP contribution in [-0.4, -0.2) is 30.4 Å². The third kappa shape index (κ3) is 3.54. The predicted octanol–water partition coefficient (Wildman–Crippen LogP) is 3.35. The van der Waals surface area contributed by atoms with Crippen LogP contribution in [0, 0.1) is 0 Å². The van der Waals surface area contributed by atoms with Gasteiger partial charge in [0.25, 0.3) is 5.91 Å². The molecular formula is C20H21N3O3. The summed E-state index contributed by atoms with van der Waals surface area (Å²) in [5.41, 5.74) is 4.91. The first kappa shape index (κ1) is 17.5. The summed E-state index contributed by atoms with van der Waals surface area (Å²) < 4.78 is 12.6. The van der Waals surface area contributed by atoms with Gasteiger partial charge in [-0.25, -0.2) is 5.43 Å². The molecule has 0 fully saturated rings. The first-order valence-electron chi connectivity index (χ1n) is 8.32. The summed E-state index contributed by atoms with van der Waals surface area (Å²) in [7, 11) is 3.45. The molecule has 26 heavy (non-hydrogen) atoms. The Bertz CT molecular complexity index is 960. The number of carbonyl (C=O) groups is 1. The van der Waals surface area contributed by atoms with E-state index in [4.69, 9.17) is 9.47 Å². The zero-order valence-corrected chi connectivity index (χ0v) is 15.0. The molecule has 0 saturated heterocycles. The first-order valence-corrected chi connectivity index (χ1v) is 8.32. The number of fused-ring (bicyclic) bond motifs is 1. The van der Waals surface area contributed by atoms with Gasteiger partial charge in [0.1, 0.15) is 5.69 Å². The number of para-hydroxylation sites is 1. The van der Waals surface area contributed by atoms with Crippen molar-refractivity contribution in [3.63, 3.8) is 0 Å². The second-order valence-electron chi connectivity index (χ2n) is 5.69. The van der Waals surface area contributed by atoms with E-state index in [9.17, 15) is 4.79 Å². The Kier molecular flexibility index (Phi) is 5.22. The fourth-order valence-electron chi connectivity index (χ4n) is 2.77. The van der Waals surface area contributed by atoms with Crippen molar-refractivity contribution < 1.29 is 14.3 Å². The molecule has 2 aromatic carbocycles. The van der Waals surface area contributed by atoms with Crippen LogP contribution in [0.5, 0.6) is 11.5 Å². The molecule has 0 aliphatic carbocycles. The second kappa shape index (κ2) is 7.74. The largest absolute Gasteiger partial charge is 0.493 e. The van der Waals surface area contributed by atoms with Gasteiger partial charge >= 0.3 is 0 Å². The number of amides is 1. The average Bonchev–Trinajstić information content (AvgIpc) is 2.99. The number of ether oxygens (including phenoxy) is 2. The van der Waals surface area contributed by atoms with Crippen molar-refractivity contribution in [2.45, 2.75) is 6.92 Å². The lowest BCUT2D eigenvalue weighted by Crippen LogP contribution is -2.20. The molecule has 0 saturated carbocycles. The maximum Gasteiger partial charge on any atom is 0.287 e. The molecule has 0 bridgehead atoms. The number of hydrazone groups is 1. The van der Waals surface area contributed by atoms with E-state index in [1.807, 2.05) is 61.0 Å². The normalized spacial score (nSPS) is 11.0. The first-order chi connectivity index (χ1) is 12.6. The molecule has 1 aromatic heterocycles. The molecule has 0 aliphatic heterocycles. The highest BCUT2D eigenvalue weighted by molar-refractivity contribution is 5.99. The minimum absolute atomic E-state index is 0.265. The Morgan fingerprint density at radius 1 is 1.19 bits per heavy atom. The van der Waals surface area contributed by atoms with Gasteiger partial charge in [-0.15, -0.1) is 0 Å². The zero-order valence-electron chi connectivity index (χ0n) is 15.0. The van der Waals surface area contributed by atoms with Crippen molar-refractivity contribution in [2.75, 3.05) is 13.7 Å². The smallest absolute Gasteiger partial charge is 0.287 e. The van der Waals surface area contributed by atoms with Crippen LogP contribution in [-0.2, 0) is 7.05 Å². The Morgan fingerprint density at radius 2 is 2.00 bits per heavy atom. The number of methoxy groups -OCH3 is 1. The van der Waals surface area contributed by atoms with Crippen LogP contribution in [0.3, 0.4) is 0 Å². The topological polar surface area (TPSA) is 64.8 Å². The molecule has 1 N–H and O–H groups in total. The quantitative estimate of drug-likeness (QED) is 0.547. The van der Waals surface area contributed by atoms with E-state index in [2.05, 4.69) is 10.5 Å². The van der Waals surface area contributed by atoms with Crippen LogP contribution in [0.4, 0.5) is 0 Å². The standard InChI is InChI=1S/C20H21N3O3/c1-4-26-19-11-14(9-10-18(19)25-3)13-21-22-20(24)17-12-15-7-5-6-8-16(15)23(17)2/h5-13H,4H2,1-3H3,(H,22,24)/b21-13+. The number of hydrogen-bond donors (Lipinski definition) is 1. The molecule has 0 spiro atoms. The lowest BCUT2D eigenvalue weighted by Gasteiger charge is -2.09. The van der Waals surface area contributed by atoms with Crippen molar-refractivity contribution >= 4 is 23.0 Å². The van der Waals surface area contributed by atoms with Crippen molar-refractivity contribution in [1.82, 2.24) is 9.99 Å². The summed E-state index contributed by atoms with van der Waals surface area (Å²) in [4.78, 5) is 12.4. The molecule has 3 rings (SSSR count). The summed E-state index contributed by atoms with van der Waals surface area (Å²) in [6.07, 6.45) is 1.57. The third-order valence-corrected chi connectivity index (χ3v) is 4.05. The van der Waals surface area contributed by atoms with Crippen molar-refractivity contribution in [3.8, 4) is 11.5 Å². The van der Waals surface area contributed by atoms with Gasteiger partial charge in [-0.3, -0.25) is 4.79 Å². The molecule has 6 nitrogen and oxygen atoms in total. The zero-order chi connectivity index (χ0) is 18.5. The molecule has 0 aliphatic rings. The Morgan fingerprint density at radius 3 is 2.73 bits per heavy atom. The van der Waals surface area contributed by atoms with Gasteiger partial charge in [0.2, 0.25) is 0 Å². The van der Waals surface area contributed by atoms with Gasteiger partial charge in [0, 0.05) is 18.0 Å². The SMILES string of the molecule is CCOc1cc(/C=N/NC(=O)c2cc3ccccc3n2C)ccc1OC. The monoisotopic (exact) mass is 351 g/mol. The maximum atomic E-state index is 12.4. The number of carbonyl (C=O) groups excluding carboxylic acids is 1. The molecule has 0 unspecified atom stereocenters. The predicted molar refractivity (Wildman–Crippen MR) is 102 cm³/mol. The molecular weight excluding hydrogens is 330 g/mol.